The number of nitrogens with zero attached hydrogens (tertiary/aromatic N) is 5. The van der Waals surface area contributed by atoms with Crippen molar-refractivity contribution in [3.8, 4) is 0 Å². The first-order valence-corrected chi connectivity index (χ1v) is 8.76. The lowest BCUT2D eigenvalue weighted by Crippen LogP contribution is -2.41. The average molecular weight is 372 g/mol. The molecule has 8 nitrogen and oxygen atoms in total. The van der Waals surface area contributed by atoms with Crippen LogP contribution in [-0.4, -0.2) is 50.9 Å². The summed E-state index contributed by atoms with van der Waals surface area (Å²) in [5.41, 5.74) is 0.975. The van der Waals surface area contributed by atoms with E-state index in [9.17, 15) is 14.0 Å². The van der Waals surface area contributed by atoms with Gasteiger partial charge in [0.2, 0.25) is 11.9 Å². The molecule has 0 radical (unpaired) electrons. The number of halogens is 1. The fourth-order valence-corrected chi connectivity index (χ4v) is 3.05. The van der Waals surface area contributed by atoms with Gasteiger partial charge in [0.1, 0.15) is 12.4 Å². The molecule has 0 spiro atoms. The van der Waals surface area contributed by atoms with Gasteiger partial charge in [0.15, 0.2) is 5.82 Å². The number of carbonyl (C=O) groups excluding carboxylic acids is 2. The van der Waals surface area contributed by atoms with Gasteiger partial charge >= 0.3 is 6.03 Å². The van der Waals surface area contributed by atoms with E-state index in [2.05, 4.69) is 20.3 Å². The molecule has 1 aliphatic heterocycles. The fraction of sp³-hybridized carbons (Fsp3) is 0.389. The first-order chi connectivity index (χ1) is 13.0. The lowest BCUT2D eigenvalue weighted by molar-refractivity contribution is -0.117. The van der Waals surface area contributed by atoms with Gasteiger partial charge in [-0.2, -0.15) is 4.39 Å². The van der Waals surface area contributed by atoms with E-state index in [1.807, 2.05) is 19.9 Å². The molecular weight excluding hydrogens is 351 g/mol. The summed E-state index contributed by atoms with van der Waals surface area (Å²) in [5.74, 6) is -0.322. The zero-order chi connectivity index (χ0) is 19.4. The summed E-state index contributed by atoms with van der Waals surface area (Å²) in [6.45, 7) is 4.20. The van der Waals surface area contributed by atoms with Gasteiger partial charge in [-0.1, -0.05) is 13.3 Å². The van der Waals surface area contributed by atoms with Crippen LogP contribution < -0.4 is 10.2 Å². The summed E-state index contributed by atoms with van der Waals surface area (Å²) in [6.07, 6.45) is 5.40. The van der Waals surface area contributed by atoms with Crippen LogP contribution in [0, 0.1) is 12.9 Å². The van der Waals surface area contributed by atoms with Crippen molar-refractivity contribution >= 4 is 23.6 Å². The lowest BCUT2D eigenvalue weighted by atomic mass is 10.1. The monoisotopic (exact) mass is 372 g/mol. The van der Waals surface area contributed by atoms with E-state index < -0.39 is 5.95 Å². The Morgan fingerprint density at radius 3 is 2.81 bits per heavy atom. The van der Waals surface area contributed by atoms with Gasteiger partial charge in [0, 0.05) is 12.7 Å². The number of carbonyl (C=O) groups is 2. The second-order valence-electron chi connectivity index (χ2n) is 6.43. The van der Waals surface area contributed by atoms with Crippen molar-refractivity contribution in [1.29, 1.82) is 0 Å². The van der Waals surface area contributed by atoms with Crippen LogP contribution in [0.3, 0.4) is 0 Å². The minimum Gasteiger partial charge on any atom is -0.310 e. The number of nitrogens with one attached hydrogen (secondary N) is 1. The fourth-order valence-electron chi connectivity index (χ4n) is 3.05. The van der Waals surface area contributed by atoms with Crippen molar-refractivity contribution in [2.24, 2.45) is 0 Å². The summed E-state index contributed by atoms with van der Waals surface area (Å²) < 4.78 is 13.0. The maximum absolute atomic E-state index is 13.0. The van der Waals surface area contributed by atoms with Crippen LogP contribution in [0.2, 0.25) is 0 Å². The predicted molar refractivity (Wildman–Crippen MR) is 97.7 cm³/mol. The predicted octanol–water partition coefficient (Wildman–Crippen LogP) is 2.37. The molecule has 142 valence electrons. The lowest BCUT2D eigenvalue weighted by Gasteiger charge is -2.22. The number of urea groups is 1. The van der Waals surface area contributed by atoms with Gasteiger partial charge < -0.3 is 10.2 Å². The zero-order valence-corrected chi connectivity index (χ0v) is 15.2. The molecule has 3 heterocycles. The highest BCUT2D eigenvalue weighted by Crippen LogP contribution is 2.24. The molecule has 2 aromatic heterocycles. The number of hydrogen-bond donors (Lipinski definition) is 1. The van der Waals surface area contributed by atoms with Crippen molar-refractivity contribution in [3.63, 3.8) is 0 Å². The second-order valence-corrected chi connectivity index (χ2v) is 6.43. The van der Waals surface area contributed by atoms with Gasteiger partial charge in [0.25, 0.3) is 0 Å². The van der Waals surface area contributed by atoms with E-state index in [0.717, 1.165) is 24.6 Å². The zero-order valence-electron chi connectivity index (χ0n) is 15.2. The van der Waals surface area contributed by atoms with E-state index >= 15 is 0 Å². The van der Waals surface area contributed by atoms with E-state index in [0.29, 0.717) is 12.4 Å². The van der Waals surface area contributed by atoms with Crippen molar-refractivity contribution in [2.45, 2.75) is 32.7 Å². The molecule has 0 unspecified atom stereocenters. The van der Waals surface area contributed by atoms with Crippen LogP contribution >= 0.6 is 0 Å². The van der Waals surface area contributed by atoms with Crippen molar-refractivity contribution in [2.75, 3.05) is 23.3 Å². The normalized spacial score (nSPS) is 16.7. The Kier molecular flexibility index (Phi) is 5.58. The van der Waals surface area contributed by atoms with Gasteiger partial charge in [-0.3, -0.25) is 9.69 Å². The van der Waals surface area contributed by atoms with Gasteiger partial charge in [-0.15, -0.1) is 0 Å². The highest BCUT2D eigenvalue weighted by Gasteiger charge is 2.39. The van der Waals surface area contributed by atoms with Crippen molar-refractivity contribution in [3.05, 3.63) is 42.2 Å². The molecule has 1 aliphatic rings. The molecule has 9 heteroatoms. The Morgan fingerprint density at radius 1 is 1.33 bits per heavy atom. The number of aryl methyl sites for hydroxylation is 1. The second kappa shape index (κ2) is 8.07. The van der Waals surface area contributed by atoms with Crippen LogP contribution in [0.25, 0.3) is 0 Å². The summed E-state index contributed by atoms with van der Waals surface area (Å²) in [6, 6.07) is 3.11. The number of amides is 3. The third kappa shape index (κ3) is 4.36. The molecule has 3 rings (SSSR count). The minimum absolute atomic E-state index is 0.0930. The Bertz CT molecular complexity index is 829. The molecule has 27 heavy (non-hydrogen) atoms. The maximum atomic E-state index is 13.0. The quantitative estimate of drug-likeness (QED) is 0.841. The number of aromatic nitrogens is 3. The molecule has 0 saturated carbocycles. The molecule has 0 aromatic carbocycles. The van der Waals surface area contributed by atoms with Crippen LogP contribution in [0.4, 0.5) is 20.8 Å². The molecule has 0 aliphatic carbocycles. The Hall–Kier alpha value is -3.10. The number of hydrogen-bond acceptors (Lipinski definition) is 5. The van der Waals surface area contributed by atoms with Crippen LogP contribution in [0.1, 0.15) is 25.3 Å². The molecule has 1 atom stereocenters. The molecular formula is C18H21FN6O2. The standard InChI is InChI=1S/C18H21FN6O2/c1-3-4-13-10-25(16-9-21-14(19)8-22-16)18(27)24(13)11-17(26)23-15-7-12(2)5-6-20-15/h5-9,13H,3-4,10-11H2,1-2H3,(H,20,23,26)/t13-/m0/s1. The summed E-state index contributed by atoms with van der Waals surface area (Å²) in [5, 5.41) is 2.71. The van der Waals surface area contributed by atoms with Crippen LogP contribution in [0.15, 0.2) is 30.7 Å². The Labute approximate surface area is 156 Å². The third-order valence-corrected chi connectivity index (χ3v) is 4.31. The average Bonchev–Trinajstić information content (AvgIpc) is 2.92. The molecule has 1 saturated heterocycles. The number of anilines is 2. The maximum Gasteiger partial charge on any atom is 0.326 e. The smallest absolute Gasteiger partial charge is 0.310 e. The van der Waals surface area contributed by atoms with Gasteiger partial charge in [0.05, 0.1) is 18.4 Å². The highest BCUT2D eigenvalue weighted by molar-refractivity contribution is 5.98. The van der Waals surface area contributed by atoms with E-state index in [-0.39, 0.29) is 30.3 Å². The molecule has 1 N–H and O–H groups in total. The Balaban J connectivity index is 1.72. The Morgan fingerprint density at radius 2 is 2.15 bits per heavy atom. The van der Waals surface area contributed by atoms with Gasteiger partial charge in [-0.05, 0) is 31.0 Å². The molecule has 0 bridgehead atoms. The van der Waals surface area contributed by atoms with Crippen molar-refractivity contribution < 1.29 is 14.0 Å². The SMILES string of the molecule is CCC[C@H]1CN(c2cnc(F)cn2)C(=O)N1CC(=O)Nc1cc(C)ccn1. The largest absolute Gasteiger partial charge is 0.326 e. The van der Waals surface area contributed by atoms with E-state index in [1.54, 1.807) is 12.3 Å². The first kappa shape index (κ1) is 18.7. The topological polar surface area (TPSA) is 91.3 Å². The van der Waals surface area contributed by atoms with E-state index in [1.165, 1.54) is 16.0 Å². The van der Waals surface area contributed by atoms with Gasteiger partial charge in [-0.25, -0.2) is 19.7 Å². The minimum atomic E-state index is -0.711. The number of rotatable bonds is 6. The third-order valence-electron chi connectivity index (χ3n) is 4.31. The van der Waals surface area contributed by atoms with Crippen LogP contribution in [0.5, 0.6) is 0 Å². The highest BCUT2D eigenvalue weighted by atomic mass is 19.1. The van der Waals surface area contributed by atoms with Crippen molar-refractivity contribution in [1.82, 2.24) is 19.9 Å². The van der Waals surface area contributed by atoms with Crippen LogP contribution in [-0.2, 0) is 4.79 Å². The molecule has 1 fully saturated rings. The summed E-state index contributed by atoms with van der Waals surface area (Å²) in [7, 11) is 0. The van der Waals surface area contributed by atoms with E-state index in [4.69, 9.17) is 0 Å². The number of pyridine rings is 1. The molecule has 3 amide bonds. The first-order valence-electron chi connectivity index (χ1n) is 8.76. The summed E-state index contributed by atoms with van der Waals surface area (Å²) in [4.78, 5) is 39.7. The summed E-state index contributed by atoms with van der Waals surface area (Å²) >= 11 is 0. The molecule has 2 aromatic rings.